The number of rotatable bonds is 4. The number of hydrogen-bond acceptors (Lipinski definition) is 2. The van der Waals surface area contributed by atoms with E-state index < -0.39 is 0 Å². The second kappa shape index (κ2) is 4.91. The lowest BCUT2D eigenvalue weighted by Crippen LogP contribution is -2.59. The summed E-state index contributed by atoms with van der Waals surface area (Å²) in [5.74, 6) is 3.22. The summed E-state index contributed by atoms with van der Waals surface area (Å²) in [6.45, 7) is 9.29. The largest absolute Gasteiger partial charge is 0.508 e. The molecule has 1 aliphatic heterocycles. The summed E-state index contributed by atoms with van der Waals surface area (Å²) in [5.41, 5.74) is 2.58. The van der Waals surface area contributed by atoms with Gasteiger partial charge >= 0.3 is 0 Å². The molecule has 2 nitrogen and oxygen atoms in total. The van der Waals surface area contributed by atoms with E-state index in [1.54, 1.807) is 0 Å². The van der Waals surface area contributed by atoms with Crippen LogP contribution in [0.25, 0.3) is 0 Å². The highest BCUT2D eigenvalue weighted by molar-refractivity contribution is 5.55. The molecular formula is C21H30O2. The minimum atomic E-state index is -0.0215. The fraction of sp³-hybridized carbons (Fsp3) is 0.714. The zero-order valence-corrected chi connectivity index (χ0v) is 15.0. The second-order valence-electron chi connectivity index (χ2n) is 8.87. The lowest BCUT2D eigenvalue weighted by Gasteiger charge is -2.62. The van der Waals surface area contributed by atoms with Crippen molar-refractivity contribution in [2.24, 2.45) is 17.3 Å². The van der Waals surface area contributed by atoms with Crippen LogP contribution >= 0.6 is 0 Å². The molecule has 0 bridgehead atoms. The standard InChI is InChI=1S/C21H30O2/c1-5-6-7-8-13-11-15(22)17-16(12-13)23-21(4)10-9-14-18(21)19(17)20(14,2)3/h11-12,14,18-19,22H,5-10H2,1-4H3/t14?,18-,19-,21-/m1/s1. The van der Waals surface area contributed by atoms with Crippen LogP contribution in [0.4, 0.5) is 0 Å². The third kappa shape index (κ3) is 1.99. The maximum Gasteiger partial charge on any atom is 0.127 e. The van der Waals surface area contributed by atoms with E-state index in [-0.39, 0.29) is 11.0 Å². The molecule has 2 heteroatoms. The molecule has 0 aromatic heterocycles. The molecule has 126 valence electrons. The number of unbranched alkanes of at least 4 members (excludes halogenated alkanes) is 2. The molecule has 4 atom stereocenters. The Bertz CT molecular complexity index is 633. The first-order valence-corrected chi connectivity index (χ1v) is 9.43. The Morgan fingerprint density at radius 3 is 2.74 bits per heavy atom. The van der Waals surface area contributed by atoms with Gasteiger partial charge in [0.05, 0.1) is 0 Å². The average Bonchev–Trinajstić information content (AvgIpc) is 2.81. The zero-order valence-electron chi connectivity index (χ0n) is 15.0. The summed E-state index contributed by atoms with van der Waals surface area (Å²) < 4.78 is 6.51. The van der Waals surface area contributed by atoms with Crippen LogP contribution in [-0.4, -0.2) is 10.7 Å². The van der Waals surface area contributed by atoms with Crippen LogP contribution in [-0.2, 0) is 6.42 Å². The number of ether oxygens (including phenoxy) is 1. The van der Waals surface area contributed by atoms with E-state index in [2.05, 4.69) is 33.8 Å². The van der Waals surface area contributed by atoms with E-state index in [1.165, 1.54) is 31.2 Å². The van der Waals surface area contributed by atoms with Crippen molar-refractivity contribution in [1.82, 2.24) is 0 Å². The highest BCUT2D eigenvalue weighted by Gasteiger charge is 2.69. The first-order chi connectivity index (χ1) is 10.9. The van der Waals surface area contributed by atoms with Crippen LogP contribution in [0.15, 0.2) is 12.1 Å². The minimum Gasteiger partial charge on any atom is -0.508 e. The summed E-state index contributed by atoms with van der Waals surface area (Å²) >= 11 is 0. The summed E-state index contributed by atoms with van der Waals surface area (Å²) in [5, 5.41) is 10.7. The smallest absolute Gasteiger partial charge is 0.127 e. The van der Waals surface area contributed by atoms with Crippen LogP contribution in [0.2, 0.25) is 0 Å². The van der Waals surface area contributed by atoms with Gasteiger partial charge in [0.1, 0.15) is 17.1 Å². The van der Waals surface area contributed by atoms with E-state index in [9.17, 15) is 5.11 Å². The summed E-state index contributed by atoms with van der Waals surface area (Å²) in [7, 11) is 0. The maximum atomic E-state index is 10.7. The molecule has 4 rings (SSSR count). The second-order valence-corrected chi connectivity index (χ2v) is 8.87. The Labute approximate surface area is 140 Å². The fourth-order valence-corrected chi connectivity index (χ4v) is 5.92. The van der Waals surface area contributed by atoms with Crippen LogP contribution in [0, 0.1) is 17.3 Å². The van der Waals surface area contributed by atoms with Gasteiger partial charge in [-0.2, -0.15) is 0 Å². The molecule has 3 aliphatic rings. The maximum absolute atomic E-state index is 10.7. The third-order valence-corrected chi connectivity index (χ3v) is 7.11. The van der Waals surface area contributed by atoms with Gasteiger partial charge in [0.25, 0.3) is 0 Å². The van der Waals surface area contributed by atoms with E-state index >= 15 is 0 Å². The van der Waals surface area contributed by atoms with E-state index in [0.717, 1.165) is 30.1 Å². The Hall–Kier alpha value is -1.18. The van der Waals surface area contributed by atoms with Crippen molar-refractivity contribution in [3.05, 3.63) is 23.3 Å². The fourth-order valence-electron chi connectivity index (χ4n) is 5.92. The molecular weight excluding hydrogens is 284 g/mol. The lowest BCUT2D eigenvalue weighted by atomic mass is 9.45. The monoisotopic (exact) mass is 314 g/mol. The molecule has 2 fully saturated rings. The Morgan fingerprint density at radius 1 is 1.22 bits per heavy atom. The average molecular weight is 314 g/mol. The molecule has 1 aromatic carbocycles. The van der Waals surface area contributed by atoms with Gasteiger partial charge in [-0.15, -0.1) is 0 Å². The first kappa shape index (κ1) is 15.4. The summed E-state index contributed by atoms with van der Waals surface area (Å²) in [4.78, 5) is 0. The van der Waals surface area contributed by atoms with Crippen molar-refractivity contribution in [3.8, 4) is 11.5 Å². The summed E-state index contributed by atoms with van der Waals surface area (Å²) in [6.07, 6.45) is 7.12. The normalized spacial score (nSPS) is 35.9. The number of hydrogen-bond donors (Lipinski definition) is 1. The lowest BCUT2D eigenvalue weighted by molar-refractivity contribution is -0.121. The van der Waals surface area contributed by atoms with Crippen LogP contribution < -0.4 is 4.74 Å². The minimum absolute atomic E-state index is 0.0215. The SMILES string of the molecule is CCCCCc1cc(O)c2c(c1)O[C@]1(C)CCC3[C@@H]1[C@@H]2C3(C)C. The molecule has 23 heavy (non-hydrogen) atoms. The van der Waals surface area contributed by atoms with Crippen LogP contribution in [0.5, 0.6) is 11.5 Å². The Morgan fingerprint density at radius 2 is 2.00 bits per heavy atom. The summed E-state index contributed by atoms with van der Waals surface area (Å²) in [6, 6.07) is 4.22. The van der Waals surface area contributed by atoms with E-state index in [1.807, 2.05) is 6.07 Å². The van der Waals surface area contributed by atoms with Gasteiger partial charge < -0.3 is 9.84 Å². The number of benzene rings is 1. The van der Waals surface area contributed by atoms with Crippen molar-refractivity contribution in [2.45, 2.75) is 77.7 Å². The molecule has 0 amide bonds. The molecule has 1 heterocycles. The van der Waals surface area contributed by atoms with Crippen molar-refractivity contribution >= 4 is 0 Å². The Balaban J connectivity index is 1.73. The van der Waals surface area contributed by atoms with Crippen molar-refractivity contribution in [3.63, 3.8) is 0 Å². The van der Waals surface area contributed by atoms with Gasteiger partial charge in [-0.1, -0.05) is 33.6 Å². The number of phenols is 1. The molecule has 0 saturated heterocycles. The van der Waals surface area contributed by atoms with Gasteiger partial charge in [-0.05, 0) is 61.6 Å². The molecule has 0 spiro atoms. The molecule has 1 N–H and O–H groups in total. The Kier molecular flexibility index (Phi) is 3.28. The van der Waals surface area contributed by atoms with Crippen molar-refractivity contribution in [2.75, 3.05) is 0 Å². The van der Waals surface area contributed by atoms with Gasteiger partial charge in [0.2, 0.25) is 0 Å². The topological polar surface area (TPSA) is 29.5 Å². The predicted molar refractivity (Wildman–Crippen MR) is 93.1 cm³/mol. The molecule has 0 radical (unpaired) electrons. The first-order valence-electron chi connectivity index (χ1n) is 9.43. The quantitative estimate of drug-likeness (QED) is 0.751. The molecule has 2 aliphatic carbocycles. The zero-order chi connectivity index (χ0) is 16.4. The van der Waals surface area contributed by atoms with E-state index in [4.69, 9.17) is 4.74 Å². The molecule has 1 unspecified atom stereocenters. The number of aryl methyl sites for hydroxylation is 1. The van der Waals surface area contributed by atoms with E-state index in [0.29, 0.717) is 17.6 Å². The van der Waals surface area contributed by atoms with Gasteiger partial charge in [-0.3, -0.25) is 0 Å². The molecule has 1 aromatic rings. The van der Waals surface area contributed by atoms with Crippen LogP contribution in [0.1, 0.15) is 76.8 Å². The molecule has 2 saturated carbocycles. The van der Waals surface area contributed by atoms with Gasteiger partial charge in [-0.25, -0.2) is 0 Å². The van der Waals surface area contributed by atoms with Crippen molar-refractivity contribution < 1.29 is 9.84 Å². The predicted octanol–water partition coefficient (Wildman–Crippen LogP) is 5.43. The third-order valence-electron chi connectivity index (χ3n) is 7.11. The van der Waals surface area contributed by atoms with Crippen molar-refractivity contribution in [1.29, 1.82) is 0 Å². The highest BCUT2D eigenvalue weighted by atomic mass is 16.5. The van der Waals surface area contributed by atoms with Crippen LogP contribution in [0.3, 0.4) is 0 Å². The van der Waals surface area contributed by atoms with Gasteiger partial charge in [0.15, 0.2) is 0 Å². The number of fused-ring (bicyclic) bond motifs is 2. The highest BCUT2D eigenvalue weighted by Crippen LogP contribution is 2.74. The number of phenolic OH excluding ortho intramolecular Hbond substituents is 1. The van der Waals surface area contributed by atoms with Gasteiger partial charge in [0, 0.05) is 17.4 Å². The number of aromatic hydroxyl groups is 1.